The molecule has 0 aliphatic carbocycles. The van der Waals surface area contributed by atoms with Crippen LogP contribution in [-0.4, -0.2) is 12.6 Å². The van der Waals surface area contributed by atoms with Gasteiger partial charge in [0.2, 0.25) is 0 Å². The van der Waals surface area contributed by atoms with Gasteiger partial charge in [0.1, 0.15) is 0 Å². The highest BCUT2D eigenvalue weighted by Crippen LogP contribution is 2.13. The Morgan fingerprint density at radius 2 is 2.62 bits per heavy atom. The van der Waals surface area contributed by atoms with Crippen LogP contribution in [0.3, 0.4) is 0 Å². The molecule has 0 bridgehead atoms. The summed E-state index contributed by atoms with van der Waals surface area (Å²) in [6, 6.07) is 0. The van der Waals surface area contributed by atoms with Crippen molar-refractivity contribution in [2.24, 2.45) is 5.92 Å². The van der Waals surface area contributed by atoms with E-state index >= 15 is 0 Å². The molecule has 2 heteroatoms. The average Bonchev–Trinajstić information content (AvgIpc) is 2.14. The highest BCUT2D eigenvalue weighted by Gasteiger charge is 2.19. The highest BCUT2D eigenvalue weighted by atomic mass is 16.5. The molecule has 0 aromatic carbocycles. The van der Waals surface area contributed by atoms with Crippen molar-refractivity contribution in [3.05, 3.63) is 12.7 Å². The zero-order valence-corrected chi connectivity index (χ0v) is 4.59. The van der Waals surface area contributed by atoms with E-state index in [2.05, 4.69) is 11.3 Å². The van der Waals surface area contributed by atoms with E-state index in [1.54, 1.807) is 6.08 Å². The van der Waals surface area contributed by atoms with E-state index in [9.17, 15) is 4.79 Å². The summed E-state index contributed by atoms with van der Waals surface area (Å²) < 4.78 is 4.65. The van der Waals surface area contributed by atoms with E-state index in [-0.39, 0.29) is 11.9 Å². The number of esters is 1. The molecule has 0 spiro atoms. The molecule has 1 atom stereocenters. The van der Waals surface area contributed by atoms with Crippen molar-refractivity contribution in [3.63, 3.8) is 0 Å². The van der Waals surface area contributed by atoms with Crippen LogP contribution in [0.25, 0.3) is 0 Å². The Bertz CT molecular complexity index is 118. The van der Waals surface area contributed by atoms with Crippen LogP contribution in [-0.2, 0) is 9.53 Å². The predicted molar refractivity (Wildman–Crippen MR) is 29.3 cm³/mol. The summed E-state index contributed by atoms with van der Waals surface area (Å²) in [6.45, 7) is 4.08. The van der Waals surface area contributed by atoms with Gasteiger partial charge in [-0.1, -0.05) is 6.08 Å². The fraction of sp³-hybridized carbons (Fsp3) is 0.500. The zero-order chi connectivity index (χ0) is 5.98. The average molecular weight is 112 g/mol. The molecule has 2 nitrogen and oxygen atoms in total. The topological polar surface area (TPSA) is 26.3 Å². The molecule has 0 amide bonds. The molecule has 1 rings (SSSR count). The normalized spacial score (nSPS) is 27.5. The standard InChI is InChI=1S/C6H8O2/c1-2-5-3-6(7)8-4-5/h2,5H,1,3-4H2/t5-/m1/s1. The van der Waals surface area contributed by atoms with Gasteiger partial charge in [-0.2, -0.15) is 0 Å². The van der Waals surface area contributed by atoms with Gasteiger partial charge in [-0.3, -0.25) is 4.79 Å². The lowest BCUT2D eigenvalue weighted by molar-refractivity contribution is -0.137. The van der Waals surface area contributed by atoms with Crippen molar-refractivity contribution in [1.82, 2.24) is 0 Å². The molecule has 0 N–H and O–H groups in total. The fourth-order valence-electron chi connectivity index (χ4n) is 0.683. The van der Waals surface area contributed by atoms with Gasteiger partial charge in [0.25, 0.3) is 0 Å². The van der Waals surface area contributed by atoms with Gasteiger partial charge in [-0.05, 0) is 0 Å². The monoisotopic (exact) mass is 112 g/mol. The fourth-order valence-corrected chi connectivity index (χ4v) is 0.683. The largest absolute Gasteiger partial charge is 0.465 e. The van der Waals surface area contributed by atoms with E-state index in [0.717, 1.165) is 0 Å². The maximum absolute atomic E-state index is 10.3. The van der Waals surface area contributed by atoms with Gasteiger partial charge in [-0.25, -0.2) is 0 Å². The van der Waals surface area contributed by atoms with Gasteiger partial charge in [0.05, 0.1) is 13.0 Å². The quantitative estimate of drug-likeness (QED) is 0.369. The van der Waals surface area contributed by atoms with Crippen LogP contribution in [0.2, 0.25) is 0 Å². The SMILES string of the molecule is C=C[C@H]1COC(=O)C1. The number of hydrogen-bond acceptors (Lipinski definition) is 2. The Morgan fingerprint density at radius 3 is 2.88 bits per heavy atom. The number of carbonyl (C=O) groups excluding carboxylic acids is 1. The molecule has 8 heavy (non-hydrogen) atoms. The van der Waals surface area contributed by atoms with Gasteiger partial charge in [0, 0.05) is 5.92 Å². The molecule has 1 heterocycles. The van der Waals surface area contributed by atoms with E-state index in [1.807, 2.05) is 0 Å². The van der Waals surface area contributed by atoms with Crippen molar-refractivity contribution in [2.45, 2.75) is 6.42 Å². The molecule has 0 aromatic rings. The Labute approximate surface area is 48.1 Å². The number of carbonyl (C=O) groups is 1. The van der Waals surface area contributed by atoms with Gasteiger partial charge >= 0.3 is 5.97 Å². The number of rotatable bonds is 1. The lowest BCUT2D eigenvalue weighted by Crippen LogP contribution is -1.91. The van der Waals surface area contributed by atoms with E-state index < -0.39 is 0 Å². The first-order valence-electron chi connectivity index (χ1n) is 2.61. The van der Waals surface area contributed by atoms with Gasteiger partial charge in [-0.15, -0.1) is 6.58 Å². The van der Waals surface area contributed by atoms with Crippen molar-refractivity contribution < 1.29 is 9.53 Å². The van der Waals surface area contributed by atoms with Crippen molar-refractivity contribution in [3.8, 4) is 0 Å². The smallest absolute Gasteiger partial charge is 0.306 e. The zero-order valence-electron chi connectivity index (χ0n) is 4.59. The Kier molecular flexibility index (Phi) is 1.33. The van der Waals surface area contributed by atoms with Crippen molar-refractivity contribution in [1.29, 1.82) is 0 Å². The second kappa shape index (κ2) is 1.99. The van der Waals surface area contributed by atoms with Crippen molar-refractivity contribution >= 4 is 5.97 Å². The molecule has 1 fully saturated rings. The lowest BCUT2D eigenvalue weighted by atomic mass is 10.1. The van der Waals surface area contributed by atoms with Crippen LogP contribution < -0.4 is 0 Å². The van der Waals surface area contributed by atoms with E-state index in [0.29, 0.717) is 13.0 Å². The summed E-state index contributed by atoms with van der Waals surface area (Å²) in [4.78, 5) is 10.3. The molecule has 0 radical (unpaired) electrons. The molecular weight excluding hydrogens is 104 g/mol. The minimum atomic E-state index is -0.102. The maximum atomic E-state index is 10.3. The molecular formula is C6H8O2. The first-order valence-corrected chi connectivity index (χ1v) is 2.61. The molecule has 0 unspecified atom stereocenters. The minimum absolute atomic E-state index is 0.102. The van der Waals surface area contributed by atoms with E-state index in [4.69, 9.17) is 0 Å². The van der Waals surface area contributed by atoms with Crippen LogP contribution in [0.4, 0.5) is 0 Å². The lowest BCUT2D eigenvalue weighted by Gasteiger charge is -1.90. The second-order valence-corrected chi connectivity index (χ2v) is 1.88. The molecule has 1 aliphatic rings. The Hall–Kier alpha value is -0.790. The summed E-state index contributed by atoms with van der Waals surface area (Å²) in [5.41, 5.74) is 0. The Morgan fingerprint density at radius 1 is 1.88 bits per heavy atom. The number of ether oxygens (including phenoxy) is 1. The first kappa shape index (κ1) is 5.35. The molecule has 0 aromatic heterocycles. The van der Waals surface area contributed by atoms with Crippen LogP contribution in [0, 0.1) is 5.92 Å². The summed E-state index contributed by atoms with van der Waals surface area (Å²) in [5, 5.41) is 0. The molecule has 0 saturated carbocycles. The molecule has 44 valence electrons. The van der Waals surface area contributed by atoms with Crippen LogP contribution >= 0.6 is 0 Å². The molecule has 1 aliphatic heterocycles. The van der Waals surface area contributed by atoms with E-state index in [1.165, 1.54) is 0 Å². The van der Waals surface area contributed by atoms with Crippen LogP contribution in [0.5, 0.6) is 0 Å². The predicted octanol–water partition coefficient (Wildman–Crippen LogP) is 0.736. The van der Waals surface area contributed by atoms with Gasteiger partial charge < -0.3 is 4.74 Å². The third-order valence-corrected chi connectivity index (χ3v) is 1.22. The van der Waals surface area contributed by atoms with Crippen LogP contribution in [0.15, 0.2) is 12.7 Å². The summed E-state index contributed by atoms with van der Waals surface area (Å²) in [6.07, 6.45) is 2.27. The number of hydrogen-bond donors (Lipinski definition) is 0. The first-order chi connectivity index (χ1) is 3.83. The molecule has 1 saturated heterocycles. The number of cyclic esters (lactones) is 1. The summed E-state index contributed by atoms with van der Waals surface area (Å²) in [7, 11) is 0. The minimum Gasteiger partial charge on any atom is -0.465 e. The Balaban J connectivity index is 2.43. The highest BCUT2D eigenvalue weighted by molar-refractivity contribution is 5.71. The van der Waals surface area contributed by atoms with Crippen LogP contribution in [0.1, 0.15) is 6.42 Å². The maximum Gasteiger partial charge on any atom is 0.306 e. The summed E-state index contributed by atoms with van der Waals surface area (Å²) >= 11 is 0. The third-order valence-electron chi connectivity index (χ3n) is 1.22. The third kappa shape index (κ3) is 0.886. The van der Waals surface area contributed by atoms with Crippen molar-refractivity contribution in [2.75, 3.05) is 6.61 Å². The summed E-state index contributed by atoms with van der Waals surface area (Å²) in [5.74, 6) is 0.164. The van der Waals surface area contributed by atoms with Gasteiger partial charge in [0.15, 0.2) is 0 Å². The second-order valence-electron chi connectivity index (χ2n) is 1.88.